The summed E-state index contributed by atoms with van der Waals surface area (Å²) < 4.78 is 10.7. The van der Waals surface area contributed by atoms with E-state index in [1.54, 1.807) is 6.92 Å². The molecule has 0 N–H and O–H groups in total. The quantitative estimate of drug-likeness (QED) is 0.531. The van der Waals surface area contributed by atoms with Gasteiger partial charge in [0.2, 0.25) is 0 Å². The number of hydrogen-bond acceptors (Lipinski definition) is 3. The second-order valence-corrected chi connectivity index (χ2v) is 3.66. The number of rotatable bonds is 1. The van der Waals surface area contributed by atoms with Crippen LogP contribution in [0.2, 0.25) is 0 Å². The number of fused-ring (bicyclic) bond motifs is 3. The Bertz CT molecular complexity index is 281. The van der Waals surface area contributed by atoms with E-state index in [2.05, 4.69) is 0 Å². The second-order valence-electron chi connectivity index (χ2n) is 3.66. The smallest absolute Gasteiger partial charge is 0.155 e. The van der Waals surface area contributed by atoms with E-state index in [-0.39, 0.29) is 30.2 Å². The van der Waals surface area contributed by atoms with Crippen LogP contribution >= 0.6 is 0 Å². The molecule has 64 valence electrons. The average Bonchev–Trinajstić information content (AvgIpc) is 2.72. The van der Waals surface area contributed by atoms with Crippen molar-refractivity contribution in [2.24, 2.45) is 0 Å². The SMILES string of the molecule is CC(=O)C1=CC2OC2C2OC2C1. The molecule has 4 atom stereocenters. The normalized spacial score (nSPS) is 48.2. The number of carbonyl (C=O) groups excluding carboxylic acids is 1. The maximum atomic E-state index is 11.1. The largest absolute Gasteiger partial charge is 0.366 e. The Labute approximate surface area is 70.3 Å². The molecule has 4 unspecified atom stereocenters. The van der Waals surface area contributed by atoms with Gasteiger partial charge in [-0.1, -0.05) is 0 Å². The number of epoxide rings is 2. The minimum atomic E-state index is 0.153. The van der Waals surface area contributed by atoms with E-state index in [0.717, 1.165) is 12.0 Å². The number of carbonyl (C=O) groups is 1. The monoisotopic (exact) mass is 166 g/mol. The van der Waals surface area contributed by atoms with Crippen LogP contribution in [0.4, 0.5) is 0 Å². The van der Waals surface area contributed by atoms with E-state index in [1.165, 1.54) is 0 Å². The third-order valence-corrected chi connectivity index (χ3v) is 2.75. The fourth-order valence-electron chi connectivity index (χ4n) is 1.89. The zero-order valence-corrected chi connectivity index (χ0v) is 6.82. The van der Waals surface area contributed by atoms with Crippen LogP contribution in [0, 0.1) is 0 Å². The highest BCUT2D eigenvalue weighted by Gasteiger charge is 2.58. The summed E-state index contributed by atoms with van der Waals surface area (Å²) in [5, 5.41) is 0. The van der Waals surface area contributed by atoms with Gasteiger partial charge in [0, 0.05) is 6.42 Å². The predicted octanol–water partition coefficient (Wildman–Crippen LogP) is 0.440. The Morgan fingerprint density at radius 3 is 3.08 bits per heavy atom. The van der Waals surface area contributed by atoms with Crippen LogP contribution in [0.3, 0.4) is 0 Å². The molecular weight excluding hydrogens is 156 g/mol. The summed E-state index contributed by atoms with van der Waals surface area (Å²) in [6, 6.07) is 0. The maximum Gasteiger partial charge on any atom is 0.155 e. The van der Waals surface area contributed by atoms with E-state index in [9.17, 15) is 4.79 Å². The zero-order chi connectivity index (χ0) is 8.29. The van der Waals surface area contributed by atoms with Crippen molar-refractivity contribution in [2.45, 2.75) is 37.8 Å². The van der Waals surface area contributed by atoms with Gasteiger partial charge in [0.1, 0.15) is 18.3 Å². The fraction of sp³-hybridized carbons (Fsp3) is 0.667. The standard InChI is InChI=1S/C9H10O3/c1-4(10)5-2-6-8(11-6)9-7(3-5)12-9/h2,6-9H,3H2,1H3. The summed E-state index contributed by atoms with van der Waals surface area (Å²) >= 11 is 0. The molecule has 2 aliphatic heterocycles. The minimum Gasteiger partial charge on any atom is -0.366 e. The molecule has 1 aliphatic carbocycles. The van der Waals surface area contributed by atoms with E-state index in [0.29, 0.717) is 0 Å². The lowest BCUT2D eigenvalue weighted by Crippen LogP contribution is -2.03. The highest BCUT2D eigenvalue weighted by Crippen LogP contribution is 2.45. The molecule has 0 saturated carbocycles. The Morgan fingerprint density at radius 1 is 1.50 bits per heavy atom. The predicted molar refractivity (Wildman–Crippen MR) is 40.7 cm³/mol. The second kappa shape index (κ2) is 1.98. The Hall–Kier alpha value is -0.670. The van der Waals surface area contributed by atoms with Crippen molar-refractivity contribution >= 4 is 5.78 Å². The van der Waals surface area contributed by atoms with Gasteiger partial charge in [0.15, 0.2) is 5.78 Å². The Kier molecular flexibility index (Phi) is 1.12. The van der Waals surface area contributed by atoms with Gasteiger partial charge >= 0.3 is 0 Å². The van der Waals surface area contributed by atoms with Crippen molar-refractivity contribution < 1.29 is 14.3 Å². The van der Waals surface area contributed by atoms with Gasteiger partial charge in [0.25, 0.3) is 0 Å². The Morgan fingerprint density at radius 2 is 2.33 bits per heavy atom. The average molecular weight is 166 g/mol. The fourth-order valence-corrected chi connectivity index (χ4v) is 1.89. The van der Waals surface area contributed by atoms with Gasteiger partial charge in [-0.05, 0) is 18.6 Å². The molecule has 2 fully saturated rings. The van der Waals surface area contributed by atoms with Crippen molar-refractivity contribution in [1.82, 2.24) is 0 Å². The summed E-state index contributed by atoms with van der Waals surface area (Å²) in [5.74, 6) is 0.153. The molecule has 0 aromatic heterocycles. The van der Waals surface area contributed by atoms with Gasteiger partial charge in [-0.2, -0.15) is 0 Å². The first-order valence-corrected chi connectivity index (χ1v) is 4.28. The first-order valence-electron chi connectivity index (χ1n) is 4.28. The third kappa shape index (κ3) is 0.867. The van der Waals surface area contributed by atoms with Crippen LogP contribution in [0.5, 0.6) is 0 Å². The molecule has 12 heavy (non-hydrogen) atoms. The highest BCUT2D eigenvalue weighted by molar-refractivity contribution is 5.93. The molecule has 2 saturated heterocycles. The van der Waals surface area contributed by atoms with Crippen molar-refractivity contribution in [1.29, 1.82) is 0 Å². The van der Waals surface area contributed by atoms with E-state index in [4.69, 9.17) is 9.47 Å². The molecule has 3 aliphatic rings. The van der Waals surface area contributed by atoms with Crippen molar-refractivity contribution in [3.63, 3.8) is 0 Å². The van der Waals surface area contributed by atoms with Crippen molar-refractivity contribution in [2.75, 3.05) is 0 Å². The zero-order valence-electron chi connectivity index (χ0n) is 6.82. The number of Topliss-reactive ketones (excluding diaryl/α,β-unsaturated/α-hetero) is 1. The van der Waals surface area contributed by atoms with Gasteiger partial charge in [-0.25, -0.2) is 0 Å². The molecule has 0 aromatic rings. The van der Waals surface area contributed by atoms with E-state index < -0.39 is 0 Å². The van der Waals surface area contributed by atoms with Crippen LogP contribution in [-0.4, -0.2) is 30.2 Å². The van der Waals surface area contributed by atoms with Crippen molar-refractivity contribution in [3.05, 3.63) is 11.6 Å². The topological polar surface area (TPSA) is 42.1 Å². The van der Waals surface area contributed by atoms with Crippen LogP contribution < -0.4 is 0 Å². The molecular formula is C9H10O3. The van der Waals surface area contributed by atoms with Crippen LogP contribution in [0.25, 0.3) is 0 Å². The molecule has 0 amide bonds. The van der Waals surface area contributed by atoms with Crippen LogP contribution in [-0.2, 0) is 14.3 Å². The Balaban J connectivity index is 1.89. The van der Waals surface area contributed by atoms with Crippen molar-refractivity contribution in [3.8, 4) is 0 Å². The van der Waals surface area contributed by atoms with Gasteiger partial charge in [0.05, 0.1) is 6.10 Å². The van der Waals surface area contributed by atoms with Gasteiger partial charge < -0.3 is 9.47 Å². The van der Waals surface area contributed by atoms with E-state index in [1.807, 2.05) is 6.08 Å². The summed E-state index contributed by atoms with van der Waals surface area (Å²) in [6.07, 6.45) is 3.72. The lowest BCUT2D eigenvalue weighted by molar-refractivity contribution is -0.113. The molecule has 3 heteroatoms. The number of ketones is 1. The van der Waals surface area contributed by atoms with Gasteiger partial charge in [-0.15, -0.1) is 0 Å². The lowest BCUT2D eigenvalue weighted by atomic mass is 10.1. The molecule has 0 aromatic carbocycles. The molecule has 0 bridgehead atoms. The lowest BCUT2D eigenvalue weighted by Gasteiger charge is -1.97. The summed E-state index contributed by atoms with van der Waals surface area (Å²) in [4.78, 5) is 11.1. The maximum absolute atomic E-state index is 11.1. The highest BCUT2D eigenvalue weighted by atomic mass is 16.7. The molecule has 2 heterocycles. The first kappa shape index (κ1) is 6.80. The first-order chi connectivity index (χ1) is 5.75. The summed E-state index contributed by atoms with van der Waals surface area (Å²) in [5.41, 5.74) is 0.882. The van der Waals surface area contributed by atoms with E-state index >= 15 is 0 Å². The third-order valence-electron chi connectivity index (χ3n) is 2.75. The number of hydrogen-bond donors (Lipinski definition) is 0. The minimum absolute atomic E-state index is 0.153. The molecule has 0 spiro atoms. The molecule has 3 nitrogen and oxygen atoms in total. The summed E-state index contributed by atoms with van der Waals surface area (Å²) in [6.45, 7) is 1.60. The number of ether oxygens (including phenoxy) is 2. The molecule has 0 radical (unpaired) electrons. The molecule has 3 rings (SSSR count). The summed E-state index contributed by atoms with van der Waals surface area (Å²) in [7, 11) is 0. The van der Waals surface area contributed by atoms with Gasteiger partial charge in [-0.3, -0.25) is 4.79 Å². The van der Waals surface area contributed by atoms with Crippen LogP contribution in [0.15, 0.2) is 11.6 Å². The van der Waals surface area contributed by atoms with Crippen LogP contribution in [0.1, 0.15) is 13.3 Å².